The third-order valence-corrected chi connectivity index (χ3v) is 12.6. The minimum Gasteiger partial charge on any atom is -0.0685 e. The van der Waals surface area contributed by atoms with E-state index in [1.165, 1.54) is 40.3 Å². The zero-order chi connectivity index (χ0) is 5.54. The van der Waals surface area contributed by atoms with Gasteiger partial charge in [0, 0.05) is 0 Å². The first-order valence-electron chi connectivity index (χ1n) is 4.37. The number of hydrogen-bond acceptors (Lipinski definition) is 0. The topological polar surface area (TPSA) is 0 Å². The van der Waals surface area contributed by atoms with Crippen LogP contribution in [0.4, 0.5) is 0 Å². The van der Waals surface area contributed by atoms with E-state index in [4.69, 9.17) is 0 Å². The lowest BCUT2D eigenvalue weighted by molar-refractivity contribution is -0.291. The molecule has 3 heterocycles. The van der Waals surface area contributed by atoms with E-state index < -0.39 is 0 Å². The maximum absolute atomic E-state index is 2.70. The zero-order valence-electron chi connectivity index (χ0n) is 5.54. The van der Waals surface area contributed by atoms with Gasteiger partial charge in [-0.15, -0.1) is 0 Å². The average Bonchev–Trinajstić information content (AvgIpc) is 1.88. The van der Waals surface area contributed by atoms with Gasteiger partial charge in [0.1, 0.15) is 0 Å². The van der Waals surface area contributed by atoms with Gasteiger partial charge in [-0.3, -0.25) is 0 Å². The van der Waals surface area contributed by atoms with Gasteiger partial charge < -0.3 is 0 Å². The van der Waals surface area contributed by atoms with Gasteiger partial charge in [0.05, 0.1) is 8.07 Å². The molecule has 0 bridgehead atoms. The molecule has 0 aromatic rings. The van der Waals surface area contributed by atoms with Crippen LogP contribution in [0.3, 0.4) is 0 Å². The van der Waals surface area contributed by atoms with Crippen molar-refractivity contribution in [3.63, 3.8) is 0 Å². The Kier molecular flexibility index (Phi) is 0.229. The summed E-state index contributed by atoms with van der Waals surface area (Å²) in [6, 6.07) is 0. The van der Waals surface area contributed by atoms with Crippen molar-refractivity contribution in [1.82, 2.24) is 0 Å². The van der Waals surface area contributed by atoms with Crippen LogP contribution < -0.4 is 0 Å². The summed E-state index contributed by atoms with van der Waals surface area (Å²) in [5.41, 5.74) is 4.26. The molecule has 0 spiro atoms. The second-order valence-electron chi connectivity index (χ2n) is 5.25. The maximum Gasteiger partial charge on any atom is 0.0615 e. The Balaban J connectivity index is 1.93. The van der Waals surface area contributed by atoms with E-state index >= 15 is 0 Å². The highest BCUT2D eigenvalue weighted by Crippen LogP contribution is 3.08. The van der Waals surface area contributed by atoms with Crippen LogP contribution in [0.5, 0.6) is 0 Å². The molecule has 0 amide bonds. The normalized spacial score (nSPS) is 106. The lowest BCUT2D eigenvalue weighted by Gasteiger charge is -3.07. The smallest absolute Gasteiger partial charge is 0.0615 e. The number of rotatable bonds is 0. The van der Waals surface area contributed by atoms with Crippen molar-refractivity contribution in [1.29, 1.82) is 0 Å². The second kappa shape index (κ2) is 0.578. The molecule has 0 nitrogen and oxygen atoms in total. The van der Waals surface area contributed by atoms with Crippen LogP contribution in [-0.4, -0.2) is 8.07 Å². The maximum atomic E-state index is 2.70. The Morgan fingerprint density at radius 2 is 1.22 bits per heavy atom. The minimum absolute atomic E-state index is 0.364. The Morgan fingerprint density at radius 3 is 1.44 bits per heavy atom. The molecule has 0 aromatic carbocycles. The lowest BCUT2D eigenvalue weighted by atomic mass is 9.32. The zero-order valence-corrected chi connectivity index (χ0v) is 6.54. The van der Waals surface area contributed by atoms with E-state index in [1.807, 2.05) is 0 Å². The molecule has 0 radical (unpaired) electrons. The van der Waals surface area contributed by atoms with Crippen molar-refractivity contribution in [2.24, 2.45) is 23.7 Å². The van der Waals surface area contributed by atoms with Crippen molar-refractivity contribution in [3.05, 3.63) is 0 Å². The molecule has 1 heteroatoms. The van der Waals surface area contributed by atoms with Gasteiger partial charge in [0.2, 0.25) is 0 Å². The molecule has 3 saturated carbocycles. The van der Waals surface area contributed by atoms with Crippen molar-refractivity contribution >= 4 is 8.07 Å². The van der Waals surface area contributed by atoms with Crippen molar-refractivity contribution in [2.75, 3.05) is 0 Å². The van der Waals surface area contributed by atoms with Gasteiger partial charge in [-0.05, 0) is 40.3 Å². The third-order valence-electron chi connectivity index (χ3n) is 5.98. The lowest BCUT2D eigenvalue weighted by Crippen LogP contribution is -3.03. The molecule has 0 atom stereocenters. The molecular weight excluding hydrogens is 124 g/mol. The third kappa shape index (κ3) is 0.108. The fraction of sp³-hybridized carbons (Fsp3) is 1.00. The molecule has 46 valence electrons. The van der Waals surface area contributed by atoms with E-state index in [9.17, 15) is 0 Å². The monoisotopic (exact) mass is 134 g/mol. The Bertz CT molecular complexity index is 206. The summed E-state index contributed by atoms with van der Waals surface area (Å²) >= 11 is 0. The highest BCUT2D eigenvalue weighted by molar-refractivity contribution is 6.93. The summed E-state index contributed by atoms with van der Waals surface area (Å²) in [5, 5.41) is 0. The molecule has 0 N–H and O–H groups in total. The van der Waals surface area contributed by atoms with E-state index in [1.54, 1.807) is 0 Å². The Morgan fingerprint density at radius 1 is 0.778 bits per heavy atom. The number of hydrogen-bond donors (Lipinski definition) is 0. The van der Waals surface area contributed by atoms with Crippen molar-refractivity contribution in [3.8, 4) is 0 Å². The van der Waals surface area contributed by atoms with E-state index in [0.717, 1.165) is 0 Å². The predicted octanol–water partition coefficient (Wildman–Crippen LogP) is 1.71. The Hall–Kier alpha value is 0.217. The molecule has 6 rings (SSSR count). The van der Waals surface area contributed by atoms with Crippen LogP contribution in [-0.2, 0) is 0 Å². The summed E-state index contributed by atoms with van der Waals surface area (Å²) in [6.45, 7) is 2.70. The van der Waals surface area contributed by atoms with Crippen LogP contribution in [0.25, 0.3) is 0 Å². The highest BCUT2D eigenvalue weighted by atomic mass is 28.3. The van der Waals surface area contributed by atoms with Gasteiger partial charge in [0.15, 0.2) is 0 Å². The molecule has 3 aliphatic carbocycles. The molecule has 0 aromatic heterocycles. The van der Waals surface area contributed by atoms with E-state index in [0.29, 0.717) is 0 Å². The standard InChI is InChI=1S/C8H10Si/c1-9-6-3-2-4(6)8(9)5(2)7(3)9/h2-8H,1H3. The molecule has 6 aliphatic rings. The molecular formula is C8H10Si. The van der Waals surface area contributed by atoms with Crippen LogP contribution >= 0.6 is 0 Å². The molecule has 3 saturated heterocycles. The van der Waals surface area contributed by atoms with E-state index in [-0.39, 0.29) is 8.07 Å². The molecule has 9 heavy (non-hydrogen) atoms. The van der Waals surface area contributed by atoms with Gasteiger partial charge >= 0.3 is 0 Å². The van der Waals surface area contributed by atoms with Crippen molar-refractivity contribution in [2.45, 2.75) is 23.2 Å². The quantitative estimate of drug-likeness (QED) is 0.442. The van der Waals surface area contributed by atoms with Crippen LogP contribution in [0, 0.1) is 23.7 Å². The van der Waals surface area contributed by atoms with Gasteiger partial charge in [-0.25, -0.2) is 0 Å². The molecule has 3 aliphatic heterocycles. The van der Waals surface area contributed by atoms with E-state index in [2.05, 4.69) is 6.55 Å². The van der Waals surface area contributed by atoms with Crippen LogP contribution in [0.2, 0.25) is 23.2 Å². The second-order valence-corrected chi connectivity index (χ2v) is 9.98. The highest BCUT2D eigenvalue weighted by Gasteiger charge is 3.03. The van der Waals surface area contributed by atoms with Crippen LogP contribution in [0.1, 0.15) is 0 Å². The molecule has 0 unspecified atom stereocenters. The average molecular weight is 134 g/mol. The summed E-state index contributed by atoms with van der Waals surface area (Å²) in [7, 11) is -0.364. The summed E-state index contributed by atoms with van der Waals surface area (Å²) < 4.78 is 0. The minimum atomic E-state index is -0.364. The predicted molar refractivity (Wildman–Crippen MR) is 36.8 cm³/mol. The van der Waals surface area contributed by atoms with Crippen LogP contribution in [0.15, 0.2) is 0 Å². The summed E-state index contributed by atoms with van der Waals surface area (Å²) in [6.07, 6.45) is 0. The first-order chi connectivity index (χ1) is 4.37. The Labute approximate surface area is 55.6 Å². The first-order valence-corrected chi connectivity index (χ1v) is 7.10. The fourth-order valence-electron chi connectivity index (χ4n) is 6.01. The largest absolute Gasteiger partial charge is 0.0685 e. The fourth-order valence-corrected chi connectivity index (χ4v) is 13.9. The van der Waals surface area contributed by atoms with Gasteiger partial charge in [0.25, 0.3) is 0 Å². The van der Waals surface area contributed by atoms with Gasteiger partial charge in [-0.1, -0.05) is 6.55 Å². The van der Waals surface area contributed by atoms with Crippen molar-refractivity contribution < 1.29 is 0 Å². The summed E-state index contributed by atoms with van der Waals surface area (Å²) in [5.74, 6) is 5.43. The van der Waals surface area contributed by atoms with Gasteiger partial charge in [-0.2, -0.15) is 0 Å². The molecule has 6 fully saturated rings. The summed E-state index contributed by atoms with van der Waals surface area (Å²) in [4.78, 5) is 0. The SMILES string of the molecule is C[Si]12C3C4C5C3C1C5C42. The first kappa shape index (κ1) is 3.56.